The van der Waals surface area contributed by atoms with Crippen LogP contribution in [0.25, 0.3) is 0 Å². The summed E-state index contributed by atoms with van der Waals surface area (Å²) in [6.45, 7) is 2.93. The van der Waals surface area contributed by atoms with Crippen molar-refractivity contribution in [1.82, 2.24) is 0 Å². The van der Waals surface area contributed by atoms with Crippen LogP contribution in [0.15, 0.2) is 12.2 Å². The minimum absolute atomic E-state index is 0.0162. The number of hydrogen-bond donors (Lipinski definition) is 0. The van der Waals surface area contributed by atoms with Gasteiger partial charge < -0.3 is 23.7 Å². The smallest absolute Gasteiger partial charge is 0.312 e. The van der Waals surface area contributed by atoms with E-state index in [9.17, 15) is 9.59 Å². The molecule has 7 aliphatic heterocycles. The molecule has 7 nitrogen and oxygen atoms in total. The van der Waals surface area contributed by atoms with Gasteiger partial charge in [-0.05, 0) is 44.6 Å². The largest absolute Gasteiger partial charge is 0.462 e. The van der Waals surface area contributed by atoms with Crippen LogP contribution in [0.1, 0.15) is 38.5 Å². The second-order valence-electron chi connectivity index (χ2n) is 8.43. The first-order chi connectivity index (χ1) is 13.1. The summed E-state index contributed by atoms with van der Waals surface area (Å²) in [6.07, 6.45) is 10.9. The highest BCUT2D eigenvalue weighted by atomic mass is 16.6. The fourth-order valence-electron chi connectivity index (χ4n) is 5.23. The van der Waals surface area contributed by atoms with Crippen LogP contribution in [0.2, 0.25) is 0 Å². The van der Waals surface area contributed by atoms with Crippen LogP contribution in [-0.4, -0.2) is 61.8 Å². The average molecular weight is 378 g/mol. The van der Waals surface area contributed by atoms with Crippen LogP contribution in [0, 0.1) is 11.8 Å². The molecular weight excluding hydrogens is 352 g/mol. The van der Waals surface area contributed by atoms with Crippen LogP contribution in [-0.2, 0) is 33.3 Å². The molecule has 148 valence electrons. The maximum atomic E-state index is 11.1. The first-order valence-electron chi connectivity index (χ1n) is 10.1. The normalized spacial score (nSPS) is 47.0. The zero-order valence-corrected chi connectivity index (χ0v) is 15.4. The molecule has 4 bridgehead atoms. The van der Waals surface area contributed by atoms with Gasteiger partial charge in [-0.2, -0.15) is 0 Å². The van der Waals surface area contributed by atoms with Gasteiger partial charge in [0.05, 0.1) is 24.0 Å². The van der Waals surface area contributed by atoms with Gasteiger partial charge >= 0.3 is 11.9 Å². The third kappa shape index (κ3) is 2.91. The summed E-state index contributed by atoms with van der Waals surface area (Å²) in [6, 6.07) is 0. The SMILES string of the molecule is C1CCOC1.O=C1OC[C@]23C=C[C@H](CC12)O3.O=C1OC[C@]23CC[C@H](CC12)O3. The van der Waals surface area contributed by atoms with E-state index < -0.39 is 0 Å². The fraction of sp³-hybridized carbons (Fsp3) is 0.800. The molecule has 2 spiro atoms. The molecule has 6 atom stereocenters. The Balaban J connectivity index is 0.0000000957. The highest BCUT2D eigenvalue weighted by Crippen LogP contribution is 2.51. The van der Waals surface area contributed by atoms with Crippen LogP contribution in [0.4, 0.5) is 0 Å². The van der Waals surface area contributed by atoms with E-state index in [0.29, 0.717) is 19.3 Å². The first-order valence-corrected chi connectivity index (χ1v) is 10.1. The third-order valence-corrected chi connectivity index (χ3v) is 6.74. The highest BCUT2D eigenvalue weighted by molar-refractivity contribution is 5.78. The molecule has 0 aromatic carbocycles. The van der Waals surface area contributed by atoms with Crippen molar-refractivity contribution in [2.24, 2.45) is 11.8 Å². The lowest BCUT2D eigenvalue weighted by atomic mass is 9.81. The van der Waals surface area contributed by atoms with Crippen molar-refractivity contribution in [3.63, 3.8) is 0 Å². The minimum Gasteiger partial charge on any atom is -0.462 e. The molecule has 27 heavy (non-hydrogen) atoms. The second kappa shape index (κ2) is 6.57. The van der Waals surface area contributed by atoms with Crippen molar-refractivity contribution in [1.29, 1.82) is 0 Å². The van der Waals surface area contributed by atoms with Gasteiger partial charge in [0.2, 0.25) is 0 Å². The van der Waals surface area contributed by atoms with E-state index in [-0.39, 0.29) is 41.1 Å². The van der Waals surface area contributed by atoms with E-state index in [2.05, 4.69) is 0 Å². The number of cyclic esters (lactones) is 2. The van der Waals surface area contributed by atoms with Gasteiger partial charge in [0.25, 0.3) is 0 Å². The quantitative estimate of drug-likeness (QED) is 0.467. The molecule has 7 heterocycles. The van der Waals surface area contributed by atoms with Crippen molar-refractivity contribution >= 4 is 11.9 Å². The predicted octanol–water partition coefficient (Wildman–Crippen LogP) is 1.53. The number of carbonyl (C=O) groups is 2. The molecule has 0 aromatic heterocycles. The molecule has 0 aromatic rings. The Labute approximate surface area is 158 Å². The zero-order chi connectivity index (χ0) is 18.5. The van der Waals surface area contributed by atoms with Gasteiger partial charge in [-0.15, -0.1) is 0 Å². The van der Waals surface area contributed by atoms with Crippen LogP contribution in [0.5, 0.6) is 0 Å². The second-order valence-corrected chi connectivity index (χ2v) is 8.43. The van der Waals surface area contributed by atoms with Crippen LogP contribution >= 0.6 is 0 Å². The van der Waals surface area contributed by atoms with Gasteiger partial charge in [0, 0.05) is 13.2 Å². The Morgan fingerprint density at radius 2 is 1.70 bits per heavy atom. The Hall–Kier alpha value is -1.44. The maximum Gasteiger partial charge on any atom is 0.312 e. The average Bonchev–Trinajstić information content (AvgIpc) is 3.51. The number of esters is 2. The standard InChI is InChI=1S/C8H10O3.C8H8O3.C4H8O/c2*9-7-6-3-5-1-2-8(6,11-5)4-10-7;1-2-4-5-3-1/h5-6H,1-4H2;1-2,5-6H,3-4H2;1-4H2/t2*5-,6?,8-;/m11./s1. The summed E-state index contributed by atoms with van der Waals surface area (Å²) in [5.41, 5.74) is -0.538. The van der Waals surface area contributed by atoms with Crippen LogP contribution in [0.3, 0.4) is 0 Å². The zero-order valence-electron chi connectivity index (χ0n) is 15.4. The van der Waals surface area contributed by atoms with Gasteiger partial charge in [0.15, 0.2) is 0 Å². The van der Waals surface area contributed by atoms with Crippen molar-refractivity contribution in [2.45, 2.75) is 61.9 Å². The molecule has 0 aliphatic carbocycles. The Bertz CT molecular complexity index is 649. The van der Waals surface area contributed by atoms with Crippen molar-refractivity contribution in [3.8, 4) is 0 Å². The summed E-state index contributed by atoms with van der Waals surface area (Å²) in [5, 5.41) is 0. The topological polar surface area (TPSA) is 80.3 Å². The van der Waals surface area contributed by atoms with E-state index in [1.165, 1.54) is 12.8 Å². The molecule has 0 amide bonds. The summed E-state index contributed by atoms with van der Waals surface area (Å²) in [7, 11) is 0. The number of hydrogen-bond acceptors (Lipinski definition) is 7. The van der Waals surface area contributed by atoms with Crippen molar-refractivity contribution < 1.29 is 33.3 Å². The van der Waals surface area contributed by atoms with Gasteiger partial charge in [-0.25, -0.2) is 0 Å². The summed E-state index contributed by atoms with van der Waals surface area (Å²) >= 11 is 0. The van der Waals surface area contributed by atoms with E-state index in [1.807, 2.05) is 12.2 Å². The maximum absolute atomic E-state index is 11.1. The Morgan fingerprint density at radius 3 is 2.33 bits per heavy atom. The lowest BCUT2D eigenvalue weighted by molar-refractivity contribution is -0.142. The first kappa shape index (κ1) is 17.6. The minimum atomic E-state index is -0.359. The van der Waals surface area contributed by atoms with Gasteiger partial charge in [0.1, 0.15) is 24.4 Å². The Morgan fingerprint density at radius 1 is 0.926 bits per heavy atom. The monoisotopic (exact) mass is 378 g/mol. The van der Waals surface area contributed by atoms with Crippen molar-refractivity contribution in [2.75, 3.05) is 26.4 Å². The van der Waals surface area contributed by atoms with Crippen molar-refractivity contribution in [3.05, 3.63) is 12.2 Å². The summed E-state index contributed by atoms with van der Waals surface area (Å²) < 4.78 is 26.2. The molecule has 7 heteroatoms. The molecule has 0 radical (unpaired) electrons. The molecular formula is C20H26O7. The molecule has 6 saturated heterocycles. The van der Waals surface area contributed by atoms with E-state index >= 15 is 0 Å². The summed E-state index contributed by atoms with van der Waals surface area (Å²) in [5.74, 6) is -0.0669. The predicted molar refractivity (Wildman–Crippen MR) is 91.8 cm³/mol. The molecule has 0 N–H and O–H groups in total. The lowest BCUT2D eigenvalue weighted by Gasteiger charge is -2.19. The highest BCUT2D eigenvalue weighted by Gasteiger charge is 2.61. The number of rotatable bonds is 0. The van der Waals surface area contributed by atoms with Gasteiger partial charge in [-0.3, -0.25) is 9.59 Å². The van der Waals surface area contributed by atoms with E-state index in [0.717, 1.165) is 38.9 Å². The number of carbonyl (C=O) groups excluding carboxylic acids is 2. The van der Waals surface area contributed by atoms with Gasteiger partial charge in [-0.1, -0.05) is 6.08 Å². The van der Waals surface area contributed by atoms with E-state index in [4.69, 9.17) is 23.7 Å². The lowest BCUT2D eigenvalue weighted by Crippen LogP contribution is -2.33. The number of fused-ring (bicyclic) bond motifs is 2. The number of ether oxygens (including phenoxy) is 5. The van der Waals surface area contributed by atoms with E-state index in [1.54, 1.807) is 0 Å². The summed E-state index contributed by atoms with van der Waals surface area (Å²) in [4.78, 5) is 22.2. The molecule has 6 fully saturated rings. The molecule has 0 saturated carbocycles. The molecule has 2 unspecified atom stereocenters. The third-order valence-electron chi connectivity index (χ3n) is 6.74. The van der Waals surface area contributed by atoms with Crippen LogP contribution < -0.4 is 0 Å². The fourth-order valence-corrected chi connectivity index (χ4v) is 5.23. The molecule has 7 aliphatic rings. The molecule has 7 rings (SSSR count). The Kier molecular flexibility index (Phi) is 4.29.